The van der Waals surface area contributed by atoms with Crippen LogP contribution in [0.3, 0.4) is 0 Å². The SMILES string of the molecule is CCSc1nc(=O)n(CC)c(=O)n1Cc1ccc(C)cc1. The van der Waals surface area contributed by atoms with Crippen molar-refractivity contribution in [3.63, 3.8) is 0 Å². The Kier molecular flexibility index (Phi) is 5.01. The standard InChI is InChI=1S/C15H19N3O2S/c1-4-17-13(19)16-14(21-5-2)18(15(17)20)10-12-8-6-11(3)7-9-12/h6-9H,4-5,10H2,1-3H3. The molecule has 2 aromatic rings. The van der Waals surface area contributed by atoms with Gasteiger partial charge in [0.15, 0.2) is 5.16 Å². The fourth-order valence-corrected chi connectivity index (χ4v) is 2.73. The lowest BCUT2D eigenvalue weighted by Crippen LogP contribution is -2.42. The molecule has 0 unspecified atom stereocenters. The molecule has 112 valence electrons. The molecule has 0 aliphatic rings. The molecule has 0 atom stereocenters. The zero-order valence-corrected chi connectivity index (χ0v) is 13.3. The zero-order chi connectivity index (χ0) is 15.4. The summed E-state index contributed by atoms with van der Waals surface area (Å²) in [6.07, 6.45) is 0. The van der Waals surface area contributed by atoms with Crippen molar-refractivity contribution in [1.29, 1.82) is 0 Å². The molecule has 0 N–H and O–H groups in total. The summed E-state index contributed by atoms with van der Waals surface area (Å²) in [5.74, 6) is 0.760. The first kappa shape index (κ1) is 15.6. The highest BCUT2D eigenvalue weighted by atomic mass is 32.2. The number of aromatic nitrogens is 3. The van der Waals surface area contributed by atoms with Crippen LogP contribution in [-0.4, -0.2) is 19.9 Å². The summed E-state index contributed by atoms with van der Waals surface area (Å²) in [4.78, 5) is 28.3. The van der Waals surface area contributed by atoms with E-state index in [1.54, 1.807) is 11.5 Å². The second kappa shape index (κ2) is 6.76. The molecular weight excluding hydrogens is 286 g/mol. The maximum Gasteiger partial charge on any atom is 0.354 e. The Morgan fingerprint density at radius 2 is 1.76 bits per heavy atom. The van der Waals surface area contributed by atoms with E-state index in [0.717, 1.165) is 15.9 Å². The summed E-state index contributed by atoms with van der Waals surface area (Å²) in [6.45, 7) is 6.52. The van der Waals surface area contributed by atoms with Crippen LogP contribution >= 0.6 is 11.8 Å². The average molecular weight is 305 g/mol. The molecule has 0 bridgehead atoms. The van der Waals surface area contributed by atoms with Crippen molar-refractivity contribution in [2.24, 2.45) is 0 Å². The molecule has 6 heteroatoms. The summed E-state index contributed by atoms with van der Waals surface area (Å²) in [7, 11) is 0. The van der Waals surface area contributed by atoms with Gasteiger partial charge in [-0.05, 0) is 25.2 Å². The maximum absolute atomic E-state index is 12.5. The minimum atomic E-state index is -0.474. The Morgan fingerprint density at radius 1 is 1.10 bits per heavy atom. The molecule has 21 heavy (non-hydrogen) atoms. The maximum atomic E-state index is 12.5. The van der Waals surface area contributed by atoms with E-state index in [0.29, 0.717) is 18.2 Å². The van der Waals surface area contributed by atoms with Gasteiger partial charge in [-0.1, -0.05) is 48.5 Å². The fourth-order valence-electron chi connectivity index (χ4n) is 2.03. The van der Waals surface area contributed by atoms with Crippen LogP contribution in [0, 0.1) is 6.92 Å². The van der Waals surface area contributed by atoms with Gasteiger partial charge < -0.3 is 0 Å². The molecule has 0 aliphatic heterocycles. The van der Waals surface area contributed by atoms with Crippen molar-refractivity contribution in [3.05, 3.63) is 56.4 Å². The van der Waals surface area contributed by atoms with Crippen molar-refractivity contribution < 1.29 is 0 Å². The molecule has 0 saturated heterocycles. The number of hydrogen-bond donors (Lipinski definition) is 0. The normalized spacial score (nSPS) is 10.8. The minimum Gasteiger partial charge on any atom is -0.268 e. The predicted octanol–water partition coefficient (Wildman–Crippen LogP) is 1.89. The lowest BCUT2D eigenvalue weighted by atomic mass is 10.1. The lowest BCUT2D eigenvalue weighted by molar-refractivity contribution is 0.518. The highest BCUT2D eigenvalue weighted by Gasteiger charge is 2.12. The van der Waals surface area contributed by atoms with Crippen LogP contribution in [0.25, 0.3) is 0 Å². The quantitative estimate of drug-likeness (QED) is 0.792. The highest BCUT2D eigenvalue weighted by molar-refractivity contribution is 7.99. The van der Waals surface area contributed by atoms with Crippen LogP contribution < -0.4 is 11.4 Å². The molecule has 1 heterocycles. The summed E-state index contributed by atoms with van der Waals surface area (Å²) < 4.78 is 2.73. The minimum absolute atomic E-state index is 0.297. The Morgan fingerprint density at radius 3 is 2.33 bits per heavy atom. The van der Waals surface area contributed by atoms with Crippen LogP contribution in [0.1, 0.15) is 25.0 Å². The van der Waals surface area contributed by atoms with Gasteiger partial charge in [0.25, 0.3) is 0 Å². The van der Waals surface area contributed by atoms with Gasteiger partial charge in [0, 0.05) is 6.54 Å². The van der Waals surface area contributed by atoms with Gasteiger partial charge in [-0.2, -0.15) is 4.98 Å². The molecular formula is C15H19N3O2S. The van der Waals surface area contributed by atoms with Gasteiger partial charge in [0.2, 0.25) is 0 Å². The van der Waals surface area contributed by atoms with E-state index in [4.69, 9.17) is 0 Å². The van der Waals surface area contributed by atoms with Gasteiger partial charge in [0.1, 0.15) is 0 Å². The summed E-state index contributed by atoms with van der Waals surface area (Å²) >= 11 is 1.41. The van der Waals surface area contributed by atoms with Gasteiger partial charge in [-0.25, -0.2) is 14.2 Å². The third-order valence-electron chi connectivity index (χ3n) is 3.17. The van der Waals surface area contributed by atoms with E-state index < -0.39 is 5.69 Å². The number of benzene rings is 1. The van der Waals surface area contributed by atoms with Crippen molar-refractivity contribution in [2.75, 3.05) is 5.75 Å². The van der Waals surface area contributed by atoms with Crippen LogP contribution in [0.2, 0.25) is 0 Å². The smallest absolute Gasteiger partial charge is 0.268 e. The van der Waals surface area contributed by atoms with E-state index in [-0.39, 0.29) is 5.69 Å². The average Bonchev–Trinajstić information content (AvgIpc) is 2.46. The first-order valence-electron chi connectivity index (χ1n) is 6.96. The Labute approximate surface area is 127 Å². The second-order valence-corrected chi connectivity index (χ2v) is 5.94. The lowest BCUT2D eigenvalue weighted by Gasteiger charge is -2.13. The molecule has 1 aromatic heterocycles. The van der Waals surface area contributed by atoms with Crippen molar-refractivity contribution in [1.82, 2.24) is 14.1 Å². The van der Waals surface area contributed by atoms with Crippen molar-refractivity contribution in [2.45, 2.75) is 39.0 Å². The van der Waals surface area contributed by atoms with Crippen molar-refractivity contribution >= 4 is 11.8 Å². The van der Waals surface area contributed by atoms with Crippen molar-refractivity contribution in [3.8, 4) is 0 Å². The van der Waals surface area contributed by atoms with Gasteiger partial charge in [-0.3, -0.25) is 4.57 Å². The van der Waals surface area contributed by atoms with E-state index in [1.165, 1.54) is 17.3 Å². The molecule has 1 aromatic carbocycles. The molecule has 5 nitrogen and oxygen atoms in total. The van der Waals surface area contributed by atoms with Crippen LogP contribution in [0.15, 0.2) is 39.0 Å². The number of aryl methyl sites for hydroxylation is 1. The third-order valence-corrected chi connectivity index (χ3v) is 4.02. The van der Waals surface area contributed by atoms with E-state index >= 15 is 0 Å². The number of rotatable bonds is 5. The molecule has 0 saturated carbocycles. The summed E-state index contributed by atoms with van der Waals surface area (Å²) in [5.41, 5.74) is 1.42. The molecule has 2 rings (SSSR count). The zero-order valence-electron chi connectivity index (χ0n) is 12.5. The number of thioether (sulfide) groups is 1. The third kappa shape index (κ3) is 3.44. The molecule has 0 amide bonds. The Balaban J connectivity index is 2.52. The van der Waals surface area contributed by atoms with E-state index in [9.17, 15) is 9.59 Å². The summed E-state index contributed by atoms with van der Waals surface area (Å²) in [6, 6.07) is 8.00. The molecule has 0 fully saturated rings. The van der Waals surface area contributed by atoms with E-state index in [1.807, 2.05) is 38.1 Å². The fraction of sp³-hybridized carbons (Fsp3) is 0.400. The Bertz CT molecular complexity index is 732. The molecule has 0 spiro atoms. The van der Waals surface area contributed by atoms with Gasteiger partial charge in [0.05, 0.1) is 6.54 Å². The Hall–Kier alpha value is -1.82. The van der Waals surface area contributed by atoms with Crippen LogP contribution in [0.4, 0.5) is 0 Å². The first-order chi connectivity index (χ1) is 10.1. The highest BCUT2D eigenvalue weighted by Crippen LogP contribution is 2.13. The number of nitrogens with zero attached hydrogens (tertiary/aromatic N) is 3. The van der Waals surface area contributed by atoms with Crippen LogP contribution in [-0.2, 0) is 13.1 Å². The number of hydrogen-bond acceptors (Lipinski definition) is 4. The van der Waals surface area contributed by atoms with E-state index in [2.05, 4.69) is 4.98 Å². The van der Waals surface area contributed by atoms with Crippen LogP contribution in [0.5, 0.6) is 0 Å². The molecule has 0 radical (unpaired) electrons. The second-order valence-electron chi connectivity index (χ2n) is 4.71. The largest absolute Gasteiger partial charge is 0.354 e. The molecule has 0 aliphatic carbocycles. The summed E-state index contributed by atoms with van der Waals surface area (Å²) in [5, 5.41) is 0.484. The first-order valence-corrected chi connectivity index (χ1v) is 7.95. The van der Waals surface area contributed by atoms with Gasteiger partial charge >= 0.3 is 11.4 Å². The predicted molar refractivity (Wildman–Crippen MR) is 85.1 cm³/mol. The van der Waals surface area contributed by atoms with Gasteiger partial charge in [-0.15, -0.1) is 0 Å². The topological polar surface area (TPSA) is 56.9 Å². The monoisotopic (exact) mass is 305 g/mol.